The lowest BCUT2D eigenvalue weighted by molar-refractivity contribution is -0.135. The summed E-state index contributed by atoms with van der Waals surface area (Å²) in [5.41, 5.74) is 5.82. The van der Waals surface area contributed by atoms with E-state index in [1.165, 1.54) is 0 Å². The van der Waals surface area contributed by atoms with Crippen LogP contribution in [0.1, 0.15) is 19.8 Å². The molecule has 5 heteroatoms. The Kier molecular flexibility index (Phi) is 6.16. The van der Waals surface area contributed by atoms with E-state index in [0.29, 0.717) is 25.6 Å². The van der Waals surface area contributed by atoms with Crippen molar-refractivity contribution in [2.45, 2.75) is 31.8 Å². The van der Waals surface area contributed by atoms with Gasteiger partial charge in [-0.2, -0.15) is 11.8 Å². The predicted octanol–water partition coefficient (Wildman–Crippen LogP) is 0.704. The van der Waals surface area contributed by atoms with Crippen LogP contribution in [0.5, 0.6) is 0 Å². The molecule has 16 heavy (non-hydrogen) atoms. The van der Waals surface area contributed by atoms with Gasteiger partial charge in [0.1, 0.15) is 0 Å². The van der Waals surface area contributed by atoms with Crippen molar-refractivity contribution in [2.75, 3.05) is 31.8 Å². The fourth-order valence-electron chi connectivity index (χ4n) is 1.82. The summed E-state index contributed by atoms with van der Waals surface area (Å²) in [5.74, 6) is 2.25. The number of hydrogen-bond acceptors (Lipinski definition) is 4. The molecule has 1 amide bonds. The van der Waals surface area contributed by atoms with Gasteiger partial charge in [-0.05, 0) is 18.6 Å². The van der Waals surface area contributed by atoms with Crippen LogP contribution in [0.15, 0.2) is 0 Å². The molecule has 0 radical (unpaired) electrons. The molecule has 1 saturated heterocycles. The summed E-state index contributed by atoms with van der Waals surface area (Å²) in [6, 6.07) is -0.00675. The van der Waals surface area contributed by atoms with Crippen LogP contribution in [-0.2, 0) is 9.53 Å². The number of nitrogens with zero attached hydrogens (tertiary/aromatic N) is 1. The standard InChI is InChI=1S/C11H22N2O2S/c1-3-10(12)11(14)13(5-6-15-2)9-4-7-16-8-9/h9-10H,3-8,12H2,1-2H3/t9?,10-/m1/s1. The van der Waals surface area contributed by atoms with Crippen molar-refractivity contribution in [3.05, 3.63) is 0 Å². The van der Waals surface area contributed by atoms with Crippen LogP contribution >= 0.6 is 11.8 Å². The number of hydrogen-bond donors (Lipinski definition) is 1. The second kappa shape index (κ2) is 7.14. The normalized spacial score (nSPS) is 22.1. The first-order valence-corrected chi connectivity index (χ1v) is 6.98. The molecule has 0 bridgehead atoms. The van der Waals surface area contributed by atoms with Gasteiger partial charge in [-0.1, -0.05) is 6.92 Å². The van der Waals surface area contributed by atoms with Crippen molar-refractivity contribution >= 4 is 17.7 Å². The zero-order chi connectivity index (χ0) is 12.0. The Balaban J connectivity index is 2.57. The molecule has 0 aromatic rings. The number of methoxy groups -OCH3 is 1. The minimum absolute atomic E-state index is 0.0760. The molecule has 1 heterocycles. The van der Waals surface area contributed by atoms with E-state index in [1.54, 1.807) is 7.11 Å². The summed E-state index contributed by atoms with van der Waals surface area (Å²) in [5, 5.41) is 0. The van der Waals surface area contributed by atoms with Crippen LogP contribution in [0, 0.1) is 0 Å². The van der Waals surface area contributed by atoms with Crippen molar-refractivity contribution in [3.8, 4) is 0 Å². The largest absolute Gasteiger partial charge is 0.383 e. The van der Waals surface area contributed by atoms with Gasteiger partial charge < -0.3 is 15.4 Å². The smallest absolute Gasteiger partial charge is 0.239 e. The zero-order valence-corrected chi connectivity index (χ0v) is 11.0. The summed E-state index contributed by atoms with van der Waals surface area (Å²) in [6.45, 7) is 3.19. The molecule has 0 spiro atoms. The topological polar surface area (TPSA) is 55.6 Å². The van der Waals surface area contributed by atoms with Crippen molar-refractivity contribution in [3.63, 3.8) is 0 Å². The third-order valence-corrected chi connectivity index (χ3v) is 4.07. The predicted molar refractivity (Wildman–Crippen MR) is 67.6 cm³/mol. The van der Waals surface area contributed by atoms with Crippen molar-refractivity contribution in [1.82, 2.24) is 4.90 Å². The first-order chi connectivity index (χ1) is 7.70. The van der Waals surface area contributed by atoms with E-state index in [2.05, 4.69) is 0 Å². The number of ether oxygens (including phenoxy) is 1. The lowest BCUT2D eigenvalue weighted by Crippen LogP contribution is -2.49. The highest BCUT2D eigenvalue weighted by Gasteiger charge is 2.29. The van der Waals surface area contributed by atoms with Gasteiger partial charge in [0.05, 0.1) is 12.6 Å². The lowest BCUT2D eigenvalue weighted by atomic mass is 10.1. The van der Waals surface area contributed by atoms with Crippen LogP contribution < -0.4 is 5.73 Å². The average molecular weight is 246 g/mol. The molecule has 4 nitrogen and oxygen atoms in total. The monoisotopic (exact) mass is 246 g/mol. The van der Waals surface area contributed by atoms with Gasteiger partial charge in [0.25, 0.3) is 0 Å². The maximum absolute atomic E-state index is 12.1. The molecular weight excluding hydrogens is 224 g/mol. The number of rotatable bonds is 6. The SMILES string of the molecule is CC[C@@H](N)C(=O)N(CCOC)C1CCSC1. The van der Waals surface area contributed by atoms with Gasteiger partial charge >= 0.3 is 0 Å². The first-order valence-electron chi connectivity index (χ1n) is 5.83. The first kappa shape index (κ1) is 13.8. The minimum atomic E-state index is -0.359. The number of thioether (sulfide) groups is 1. The van der Waals surface area contributed by atoms with E-state index >= 15 is 0 Å². The number of carbonyl (C=O) groups excluding carboxylic acids is 1. The molecule has 0 aliphatic carbocycles. The average Bonchev–Trinajstić information content (AvgIpc) is 2.82. The summed E-state index contributed by atoms with van der Waals surface area (Å²) in [7, 11) is 1.66. The fraction of sp³-hybridized carbons (Fsp3) is 0.909. The minimum Gasteiger partial charge on any atom is -0.383 e. The second-order valence-corrected chi connectivity index (χ2v) is 5.21. The number of nitrogens with two attached hydrogens (primary N) is 1. The molecule has 0 saturated carbocycles. The molecule has 1 rings (SSSR count). The Morgan fingerprint density at radius 2 is 2.44 bits per heavy atom. The van der Waals surface area contributed by atoms with E-state index in [-0.39, 0.29) is 11.9 Å². The number of amides is 1. The Bertz CT molecular complexity index is 220. The Morgan fingerprint density at radius 1 is 1.69 bits per heavy atom. The molecule has 2 N–H and O–H groups in total. The van der Waals surface area contributed by atoms with Crippen molar-refractivity contribution < 1.29 is 9.53 Å². The van der Waals surface area contributed by atoms with E-state index in [9.17, 15) is 4.79 Å². The van der Waals surface area contributed by atoms with Gasteiger partial charge in [-0.15, -0.1) is 0 Å². The van der Waals surface area contributed by atoms with E-state index in [0.717, 1.165) is 17.9 Å². The highest BCUT2D eigenvalue weighted by atomic mass is 32.2. The molecule has 1 aliphatic rings. The molecule has 1 fully saturated rings. The molecule has 94 valence electrons. The van der Waals surface area contributed by atoms with Gasteiger partial charge in [0.15, 0.2) is 0 Å². The van der Waals surface area contributed by atoms with Gasteiger partial charge in [0, 0.05) is 25.4 Å². The highest BCUT2D eigenvalue weighted by molar-refractivity contribution is 7.99. The van der Waals surface area contributed by atoms with E-state index < -0.39 is 0 Å². The van der Waals surface area contributed by atoms with Crippen LogP contribution in [0.4, 0.5) is 0 Å². The van der Waals surface area contributed by atoms with E-state index in [4.69, 9.17) is 10.5 Å². The molecule has 1 unspecified atom stereocenters. The lowest BCUT2D eigenvalue weighted by Gasteiger charge is -2.30. The Hall–Kier alpha value is -0.260. The Labute approximate surface area is 102 Å². The quantitative estimate of drug-likeness (QED) is 0.750. The summed E-state index contributed by atoms with van der Waals surface area (Å²) in [4.78, 5) is 14.0. The molecule has 0 aromatic carbocycles. The van der Waals surface area contributed by atoms with Crippen molar-refractivity contribution in [2.24, 2.45) is 5.73 Å². The molecule has 1 aliphatic heterocycles. The van der Waals surface area contributed by atoms with Crippen LogP contribution in [0.3, 0.4) is 0 Å². The summed E-state index contributed by atoms with van der Waals surface area (Å²) >= 11 is 1.91. The van der Waals surface area contributed by atoms with Gasteiger partial charge in [-0.25, -0.2) is 0 Å². The van der Waals surface area contributed by atoms with Crippen LogP contribution in [0.25, 0.3) is 0 Å². The number of carbonyl (C=O) groups is 1. The van der Waals surface area contributed by atoms with E-state index in [1.807, 2.05) is 23.6 Å². The van der Waals surface area contributed by atoms with Gasteiger partial charge in [-0.3, -0.25) is 4.79 Å². The zero-order valence-electron chi connectivity index (χ0n) is 10.1. The van der Waals surface area contributed by atoms with Crippen molar-refractivity contribution in [1.29, 1.82) is 0 Å². The van der Waals surface area contributed by atoms with Crippen LogP contribution in [0.2, 0.25) is 0 Å². The van der Waals surface area contributed by atoms with Crippen LogP contribution in [-0.4, -0.2) is 54.7 Å². The molecular formula is C11H22N2O2S. The summed E-state index contributed by atoms with van der Waals surface area (Å²) in [6.07, 6.45) is 1.78. The van der Waals surface area contributed by atoms with Gasteiger partial charge in [0.2, 0.25) is 5.91 Å². The summed E-state index contributed by atoms with van der Waals surface area (Å²) < 4.78 is 5.05. The molecule has 0 aromatic heterocycles. The maximum Gasteiger partial charge on any atom is 0.239 e. The molecule has 2 atom stereocenters. The third kappa shape index (κ3) is 3.64. The third-order valence-electron chi connectivity index (χ3n) is 2.92. The highest BCUT2D eigenvalue weighted by Crippen LogP contribution is 2.22. The second-order valence-electron chi connectivity index (χ2n) is 4.06. The Morgan fingerprint density at radius 3 is 2.94 bits per heavy atom. The maximum atomic E-state index is 12.1. The fourth-order valence-corrected chi connectivity index (χ4v) is 3.04.